The van der Waals surface area contributed by atoms with Crippen LogP contribution in [0.3, 0.4) is 0 Å². The van der Waals surface area contributed by atoms with Crippen molar-refractivity contribution in [3.05, 3.63) is 0 Å². The Morgan fingerprint density at radius 1 is 1.62 bits per heavy atom. The van der Waals surface area contributed by atoms with E-state index < -0.39 is 0 Å². The molecule has 1 fully saturated rings. The Morgan fingerprint density at radius 2 is 2.31 bits per heavy atom. The van der Waals surface area contributed by atoms with Crippen molar-refractivity contribution in [1.82, 2.24) is 5.43 Å². The van der Waals surface area contributed by atoms with Crippen LogP contribution in [0.4, 0.5) is 0 Å². The fourth-order valence-electron chi connectivity index (χ4n) is 1.28. The summed E-state index contributed by atoms with van der Waals surface area (Å²) in [5.74, 6) is 5.40. The van der Waals surface area contributed by atoms with Crippen molar-refractivity contribution < 1.29 is 4.74 Å². The molecule has 5 N–H and O–H groups in total. The van der Waals surface area contributed by atoms with Crippen LogP contribution in [-0.2, 0) is 4.74 Å². The fraction of sp³-hybridized carbons (Fsp3) is 0.875. The van der Waals surface area contributed by atoms with Crippen molar-refractivity contribution >= 4 is 5.96 Å². The molecule has 0 spiro atoms. The Balaban J connectivity index is 2.27. The van der Waals surface area contributed by atoms with Crippen LogP contribution in [0.1, 0.15) is 19.3 Å². The Morgan fingerprint density at radius 3 is 2.77 bits per heavy atom. The normalized spacial score (nSPS) is 20.0. The standard InChI is InChI=1S/C8H18N4O/c1-13-5-4-8(2-3-8)6-11-7(9)12-10/h2-6,10H2,1H3,(H3,9,11,12). The summed E-state index contributed by atoms with van der Waals surface area (Å²) in [7, 11) is 1.72. The Hall–Kier alpha value is -0.810. The Kier molecular flexibility index (Phi) is 3.50. The molecular weight excluding hydrogens is 168 g/mol. The van der Waals surface area contributed by atoms with Gasteiger partial charge in [-0.15, -0.1) is 0 Å². The molecule has 76 valence electrons. The summed E-state index contributed by atoms with van der Waals surface area (Å²) in [4.78, 5) is 4.13. The second kappa shape index (κ2) is 4.43. The molecule has 0 bridgehead atoms. The lowest BCUT2D eigenvalue weighted by atomic mass is 10.0. The quantitative estimate of drug-likeness (QED) is 0.236. The minimum absolute atomic E-state index is 0.309. The number of hydrazine groups is 1. The van der Waals surface area contributed by atoms with E-state index in [1.807, 2.05) is 0 Å². The van der Waals surface area contributed by atoms with E-state index in [2.05, 4.69) is 10.4 Å². The first-order valence-electron chi connectivity index (χ1n) is 4.48. The molecule has 1 rings (SSSR count). The predicted molar refractivity (Wildman–Crippen MR) is 52.0 cm³/mol. The lowest BCUT2D eigenvalue weighted by Crippen LogP contribution is -2.37. The number of nitrogens with two attached hydrogens (primary N) is 2. The van der Waals surface area contributed by atoms with Crippen LogP contribution in [-0.4, -0.2) is 26.2 Å². The van der Waals surface area contributed by atoms with Crippen LogP contribution in [0, 0.1) is 5.41 Å². The maximum atomic E-state index is 5.42. The molecule has 1 saturated carbocycles. The van der Waals surface area contributed by atoms with Crippen LogP contribution < -0.4 is 17.0 Å². The minimum atomic E-state index is 0.309. The average Bonchev–Trinajstić information content (AvgIpc) is 2.92. The van der Waals surface area contributed by atoms with Crippen molar-refractivity contribution in [3.8, 4) is 0 Å². The molecule has 5 nitrogen and oxygen atoms in total. The summed E-state index contributed by atoms with van der Waals surface area (Å²) in [6, 6.07) is 0. The number of aliphatic imine (C=N–C) groups is 1. The second-order valence-corrected chi connectivity index (χ2v) is 3.59. The number of nitrogens with zero attached hydrogens (tertiary/aromatic N) is 1. The highest BCUT2D eigenvalue weighted by molar-refractivity contribution is 5.77. The maximum Gasteiger partial charge on any atom is 0.203 e. The van der Waals surface area contributed by atoms with E-state index in [4.69, 9.17) is 16.3 Å². The molecule has 0 aromatic heterocycles. The van der Waals surface area contributed by atoms with Gasteiger partial charge in [0, 0.05) is 20.3 Å². The zero-order valence-electron chi connectivity index (χ0n) is 8.05. The van der Waals surface area contributed by atoms with E-state index in [0.29, 0.717) is 11.4 Å². The third-order valence-corrected chi connectivity index (χ3v) is 2.53. The molecule has 0 saturated heterocycles. The molecular formula is C8H18N4O. The van der Waals surface area contributed by atoms with E-state index >= 15 is 0 Å². The highest BCUT2D eigenvalue weighted by atomic mass is 16.5. The number of hydrogen-bond donors (Lipinski definition) is 3. The molecule has 5 heteroatoms. The largest absolute Gasteiger partial charge is 0.385 e. The van der Waals surface area contributed by atoms with E-state index in [1.54, 1.807) is 7.11 Å². The molecule has 0 atom stereocenters. The van der Waals surface area contributed by atoms with Gasteiger partial charge in [-0.2, -0.15) is 0 Å². The van der Waals surface area contributed by atoms with Gasteiger partial charge in [0.2, 0.25) is 5.96 Å². The Bertz CT molecular complexity index is 189. The summed E-state index contributed by atoms with van der Waals surface area (Å²) in [5.41, 5.74) is 8.08. The second-order valence-electron chi connectivity index (χ2n) is 3.59. The van der Waals surface area contributed by atoms with Crippen molar-refractivity contribution in [2.45, 2.75) is 19.3 Å². The summed E-state index contributed by atoms with van der Waals surface area (Å²) in [6.07, 6.45) is 3.50. The molecule has 1 aliphatic rings. The highest BCUT2D eigenvalue weighted by Gasteiger charge is 2.41. The van der Waals surface area contributed by atoms with Crippen LogP contribution >= 0.6 is 0 Å². The van der Waals surface area contributed by atoms with E-state index in [1.165, 1.54) is 12.8 Å². The Labute approximate surface area is 78.5 Å². The summed E-state index contributed by atoms with van der Waals surface area (Å²) in [5, 5.41) is 0. The number of rotatable bonds is 5. The molecule has 1 aliphatic carbocycles. The molecule has 0 aromatic rings. The third-order valence-electron chi connectivity index (χ3n) is 2.53. The van der Waals surface area contributed by atoms with Gasteiger partial charge in [-0.25, -0.2) is 5.84 Å². The number of guanidine groups is 1. The van der Waals surface area contributed by atoms with Crippen LogP contribution in [0.2, 0.25) is 0 Å². The van der Waals surface area contributed by atoms with Gasteiger partial charge in [-0.05, 0) is 24.7 Å². The predicted octanol–water partition coefficient (Wildman–Crippen LogP) is -0.419. The van der Waals surface area contributed by atoms with Crippen LogP contribution in [0.15, 0.2) is 4.99 Å². The SMILES string of the molecule is COCCC1(CN=C(N)NN)CC1. The van der Waals surface area contributed by atoms with Gasteiger partial charge >= 0.3 is 0 Å². The lowest BCUT2D eigenvalue weighted by molar-refractivity contribution is 0.174. The average molecular weight is 186 g/mol. The molecule has 13 heavy (non-hydrogen) atoms. The number of nitrogens with one attached hydrogen (secondary N) is 1. The number of ether oxygens (including phenoxy) is 1. The fourth-order valence-corrected chi connectivity index (χ4v) is 1.28. The molecule has 0 heterocycles. The summed E-state index contributed by atoms with van der Waals surface area (Å²) in [6.45, 7) is 1.55. The van der Waals surface area contributed by atoms with Gasteiger partial charge in [0.25, 0.3) is 0 Å². The smallest absolute Gasteiger partial charge is 0.203 e. The first-order chi connectivity index (χ1) is 6.22. The molecule has 0 amide bonds. The zero-order valence-corrected chi connectivity index (χ0v) is 8.05. The van der Waals surface area contributed by atoms with Gasteiger partial charge in [-0.3, -0.25) is 10.4 Å². The first-order valence-corrected chi connectivity index (χ1v) is 4.48. The van der Waals surface area contributed by atoms with E-state index in [0.717, 1.165) is 19.6 Å². The first kappa shape index (κ1) is 10.3. The topological polar surface area (TPSA) is 85.7 Å². The zero-order chi connectivity index (χ0) is 9.73. The number of methoxy groups -OCH3 is 1. The van der Waals surface area contributed by atoms with Crippen LogP contribution in [0.5, 0.6) is 0 Å². The van der Waals surface area contributed by atoms with Crippen molar-refractivity contribution in [2.24, 2.45) is 22.0 Å². The van der Waals surface area contributed by atoms with Gasteiger partial charge in [0.15, 0.2) is 0 Å². The maximum absolute atomic E-state index is 5.42. The monoisotopic (exact) mass is 186 g/mol. The number of hydrogen-bond acceptors (Lipinski definition) is 3. The van der Waals surface area contributed by atoms with Crippen molar-refractivity contribution in [3.63, 3.8) is 0 Å². The lowest BCUT2D eigenvalue weighted by Gasteiger charge is -2.11. The van der Waals surface area contributed by atoms with Gasteiger partial charge in [-0.1, -0.05) is 0 Å². The van der Waals surface area contributed by atoms with Gasteiger partial charge < -0.3 is 10.5 Å². The van der Waals surface area contributed by atoms with Gasteiger partial charge in [0.05, 0.1) is 0 Å². The van der Waals surface area contributed by atoms with Gasteiger partial charge in [0.1, 0.15) is 0 Å². The molecule has 0 radical (unpaired) electrons. The molecule has 0 aromatic carbocycles. The molecule has 0 aliphatic heterocycles. The van der Waals surface area contributed by atoms with Crippen molar-refractivity contribution in [1.29, 1.82) is 0 Å². The summed E-state index contributed by atoms with van der Waals surface area (Å²) >= 11 is 0. The highest BCUT2D eigenvalue weighted by Crippen LogP contribution is 2.48. The van der Waals surface area contributed by atoms with Crippen molar-refractivity contribution in [2.75, 3.05) is 20.3 Å². The van der Waals surface area contributed by atoms with E-state index in [9.17, 15) is 0 Å². The minimum Gasteiger partial charge on any atom is -0.385 e. The third kappa shape index (κ3) is 3.20. The summed E-state index contributed by atoms with van der Waals surface area (Å²) < 4.78 is 5.03. The molecule has 0 unspecified atom stereocenters. The van der Waals surface area contributed by atoms with Crippen LogP contribution in [0.25, 0.3) is 0 Å². The van der Waals surface area contributed by atoms with E-state index in [-0.39, 0.29) is 0 Å².